The summed E-state index contributed by atoms with van der Waals surface area (Å²) >= 11 is 0. The van der Waals surface area contributed by atoms with E-state index >= 15 is 0 Å². The summed E-state index contributed by atoms with van der Waals surface area (Å²) in [7, 11) is 3.62. The number of likely N-dealkylation sites (tertiary alicyclic amines) is 2. The van der Waals surface area contributed by atoms with E-state index in [1.807, 2.05) is 22.8 Å². The SMILES string of the molecule is COCCN1CC[C@@]2(CN(Cc3cnn(C)c3)C[C@@H]2C)C1=O. The molecule has 2 aliphatic heterocycles. The fraction of sp³-hybridized carbons (Fsp3) is 0.750. The lowest BCUT2D eigenvalue weighted by atomic mass is 9.78. The van der Waals surface area contributed by atoms with Crippen LogP contribution in [0.15, 0.2) is 12.4 Å². The molecule has 1 amide bonds. The Kier molecular flexibility index (Phi) is 4.23. The fourth-order valence-electron chi connectivity index (χ4n) is 3.99. The highest BCUT2D eigenvalue weighted by Crippen LogP contribution is 2.44. The van der Waals surface area contributed by atoms with Crippen molar-refractivity contribution in [3.63, 3.8) is 0 Å². The number of ether oxygens (including phenoxy) is 1. The molecular weight excluding hydrogens is 280 g/mol. The lowest BCUT2D eigenvalue weighted by Gasteiger charge is -2.26. The minimum absolute atomic E-state index is 0.185. The van der Waals surface area contributed by atoms with Crippen molar-refractivity contribution < 1.29 is 9.53 Å². The first-order chi connectivity index (χ1) is 10.5. The Labute approximate surface area is 132 Å². The van der Waals surface area contributed by atoms with E-state index < -0.39 is 0 Å². The third-order valence-corrected chi connectivity index (χ3v) is 5.25. The molecule has 3 heterocycles. The van der Waals surface area contributed by atoms with Gasteiger partial charge in [-0.1, -0.05) is 6.92 Å². The van der Waals surface area contributed by atoms with Gasteiger partial charge in [-0.3, -0.25) is 14.4 Å². The van der Waals surface area contributed by atoms with Gasteiger partial charge in [-0.25, -0.2) is 0 Å². The second-order valence-corrected chi connectivity index (χ2v) is 6.78. The number of methoxy groups -OCH3 is 1. The standard InChI is InChI=1S/C16H26N4O2/c1-13-9-19(11-14-8-17-18(2)10-14)12-16(13)4-5-20(15(16)21)6-7-22-3/h8,10,13H,4-7,9,11-12H2,1-3H3/t13-,16-/m0/s1. The molecule has 2 atom stereocenters. The van der Waals surface area contributed by atoms with Crippen LogP contribution in [-0.4, -0.2) is 65.4 Å². The first-order valence-electron chi connectivity index (χ1n) is 8.03. The van der Waals surface area contributed by atoms with Crippen molar-refractivity contribution >= 4 is 5.91 Å². The number of aryl methyl sites for hydroxylation is 1. The summed E-state index contributed by atoms with van der Waals surface area (Å²) in [5.74, 6) is 0.731. The van der Waals surface area contributed by atoms with E-state index in [0.717, 1.165) is 32.6 Å². The molecule has 0 N–H and O–H groups in total. The van der Waals surface area contributed by atoms with Crippen molar-refractivity contribution in [2.75, 3.05) is 39.9 Å². The zero-order chi connectivity index (χ0) is 15.7. The summed E-state index contributed by atoms with van der Waals surface area (Å²) in [6.45, 7) is 7.16. The van der Waals surface area contributed by atoms with Gasteiger partial charge in [0, 0.05) is 58.6 Å². The average molecular weight is 306 g/mol. The Morgan fingerprint density at radius 2 is 2.32 bits per heavy atom. The minimum atomic E-state index is -0.185. The summed E-state index contributed by atoms with van der Waals surface area (Å²) in [6.07, 6.45) is 4.94. The lowest BCUT2D eigenvalue weighted by Crippen LogP contribution is -2.40. The molecule has 1 aromatic rings. The molecular formula is C16H26N4O2. The van der Waals surface area contributed by atoms with E-state index in [1.54, 1.807) is 7.11 Å². The maximum Gasteiger partial charge on any atom is 0.230 e. The van der Waals surface area contributed by atoms with E-state index in [2.05, 4.69) is 23.1 Å². The lowest BCUT2D eigenvalue weighted by molar-refractivity contribution is -0.137. The quantitative estimate of drug-likeness (QED) is 0.805. The number of rotatable bonds is 5. The maximum atomic E-state index is 12.9. The first kappa shape index (κ1) is 15.5. The fourth-order valence-corrected chi connectivity index (χ4v) is 3.99. The van der Waals surface area contributed by atoms with Crippen LogP contribution < -0.4 is 0 Å². The van der Waals surface area contributed by atoms with Crippen molar-refractivity contribution in [3.8, 4) is 0 Å². The van der Waals surface area contributed by atoms with Gasteiger partial charge in [0.1, 0.15) is 0 Å². The van der Waals surface area contributed by atoms with Crippen LogP contribution >= 0.6 is 0 Å². The first-order valence-corrected chi connectivity index (χ1v) is 8.03. The second kappa shape index (κ2) is 6.01. The summed E-state index contributed by atoms with van der Waals surface area (Å²) in [6, 6.07) is 0. The Morgan fingerprint density at radius 1 is 1.50 bits per heavy atom. The van der Waals surface area contributed by atoms with E-state index in [1.165, 1.54) is 5.56 Å². The molecule has 0 saturated carbocycles. The molecule has 6 heteroatoms. The molecule has 6 nitrogen and oxygen atoms in total. The Bertz CT molecular complexity index is 544. The normalized spacial score (nSPS) is 29.1. The van der Waals surface area contributed by atoms with Gasteiger partial charge < -0.3 is 9.64 Å². The largest absolute Gasteiger partial charge is 0.383 e. The van der Waals surface area contributed by atoms with E-state index in [0.29, 0.717) is 25.0 Å². The Balaban J connectivity index is 1.66. The van der Waals surface area contributed by atoms with Gasteiger partial charge in [-0.15, -0.1) is 0 Å². The number of aromatic nitrogens is 2. The second-order valence-electron chi connectivity index (χ2n) is 6.78. The van der Waals surface area contributed by atoms with Crippen molar-refractivity contribution in [1.82, 2.24) is 19.6 Å². The van der Waals surface area contributed by atoms with Gasteiger partial charge >= 0.3 is 0 Å². The zero-order valence-electron chi connectivity index (χ0n) is 13.8. The Hall–Kier alpha value is -1.40. The number of carbonyl (C=O) groups excluding carboxylic acids is 1. The molecule has 22 heavy (non-hydrogen) atoms. The molecule has 1 aromatic heterocycles. The predicted octanol–water partition coefficient (Wildman–Crippen LogP) is 0.737. The van der Waals surface area contributed by atoms with Crippen molar-refractivity contribution in [1.29, 1.82) is 0 Å². The van der Waals surface area contributed by atoms with Crippen molar-refractivity contribution in [2.24, 2.45) is 18.4 Å². The highest BCUT2D eigenvalue weighted by Gasteiger charge is 2.54. The number of nitrogens with zero attached hydrogens (tertiary/aromatic N) is 4. The molecule has 2 saturated heterocycles. The van der Waals surface area contributed by atoms with Crippen molar-refractivity contribution in [3.05, 3.63) is 18.0 Å². The van der Waals surface area contributed by atoms with E-state index in [4.69, 9.17) is 4.74 Å². The van der Waals surface area contributed by atoms with Crippen LogP contribution in [0.5, 0.6) is 0 Å². The Morgan fingerprint density at radius 3 is 3.00 bits per heavy atom. The van der Waals surface area contributed by atoms with Crippen LogP contribution in [-0.2, 0) is 23.1 Å². The molecule has 122 valence electrons. The maximum absolute atomic E-state index is 12.9. The van der Waals surface area contributed by atoms with Crippen LogP contribution in [0.25, 0.3) is 0 Å². The molecule has 0 aliphatic carbocycles. The van der Waals surface area contributed by atoms with Gasteiger partial charge in [0.05, 0.1) is 18.2 Å². The summed E-state index contributed by atoms with van der Waals surface area (Å²) in [5, 5.41) is 4.23. The van der Waals surface area contributed by atoms with Crippen LogP contribution in [0, 0.1) is 11.3 Å². The number of hydrogen-bond donors (Lipinski definition) is 0. The third kappa shape index (κ3) is 2.65. The van der Waals surface area contributed by atoms with Crippen LogP contribution in [0.2, 0.25) is 0 Å². The molecule has 0 aromatic carbocycles. The number of amides is 1. The smallest absolute Gasteiger partial charge is 0.230 e. The van der Waals surface area contributed by atoms with Gasteiger partial charge in [-0.05, 0) is 12.3 Å². The molecule has 3 rings (SSSR count). The number of hydrogen-bond acceptors (Lipinski definition) is 4. The van der Waals surface area contributed by atoms with E-state index in [-0.39, 0.29) is 5.41 Å². The monoisotopic (exact) mass is 306 g/mol. The van der Waals surface area contributed by atoms with Gasteiger partial charge in [0.2, 0.25) is 5.91 Å². The highest BCUT2D eigenvalue weighted by molar-refractivity contribution is 5.86. The van der Waals surface area contributed by atoms with Crippen LogP contribution in [0.3, 0.4) is 0 Å². The van der Waals surface area contributed by atoms with Gasteiger partial charge in [0.25, 0.3) is 0 Å². The van der Waals surface area contributed by atoms with Gasteiger partial charge in [0.15, 0.2) is 0 Å². The summed E-state index contributed by atoms with van der Waals surface area (Å²) < 4.78 is 6.95. The van der Waals surface area contributed by atoms with Gasteiger partial charge in [-0.2, -0.15) is 5.10 Å². The molecule has 2 aliphatic rings. The number of carbonyl (C=O) groups is 1. The van der Waals surface area contributed by atoms with Crippen LogP contribution in [0.1, 0.15) is 18.9 Å². The minimum Gasteiger partial charge on any atom is -0.383 e. The molecule has 1 spiro atoms. The summed E-state index contributed by atoms with van der Waals surface area (Å²) in [5.41, 5.74) is 1.03. The molecule has 0 bridgehead atoms. The summed E-state index contributed by atoms with van der Waals surface area (Å²) in [4.78, 5) is 17.3. The topological polar surface area (TPSA) is 50.6 Å². The van der Waals surface area contributed by atoms with E-state index in [9.17, 15) is 4.79 Å². The predicted molar refractivity (Wildman–Crippen MR) is 83.2 cm³/mol. The average Bonchev–Trinajstić information content (AvgIpc) is 3.12. The van der Waals surface area contributed by atoms with Crippen molar-refractivity contribution in [2.45, 2.75) is 19.9 Å². The molecule has 2 fully saturated rings. The molecule has 0 unspecified atom stereocenters. The molecule has 0 radical (unpaired) electrons. The highest BCUT2D eigenvalue weighted by atomic mass is 16.5. The van der Waals surface area contributed by atoms with Crippen LogP contribution in [0.4, 0.5) is 0 Å². The third-order valence-electron chi connectivity index (χ3n) is 5.25. The zero-order valence-corrected chi connectivity index (χ0v) is 13.8.